The zero-order valence-corrected chi connectivity index (χ0v) is 12.8. The Kier molecular flexibility index (Phi) is 4.51. The van der Waals surface area contributed by atoms with Gasteiger partial charge in [0.25, 0.3) is 5.56 Å². The molecule has 2 aromatic heterocycles. The summed E-state index contributed by atoms with van der Waals surface area (Å²) < 4.78 is 1.10. The number of anilines is 1. The van der Waals surface area contributed by atoms with Gasteiger partial charge in [0.05, 0.1) is 5.52 Å². The second-order valence-corrected chi connectivity index (χ2v) is 5.27. The number of aromatic nitrogens is 3. The van der Waals surface area contributed by atoms with Crippen molar-refractivity contribution in [2.45, 2.75) is 13.0 Å². The van der Waals surface area contributed by atoms with Crippen LogP contribution in [0, 0.1) is 0 Å². The molecule has 0 spiro atoms. The van der Waals surface area contributed by atoms with E-state index in [-0.39, 0.29) is 12.4 Å². The molecule has 122 valence electrons. The molecule has 0 bridgehead atoms. The quantitative estimate of drug-likeness (QED) is 0.714. The van der Waals surface area contributed by atoms with Crippen LogP contribution in [0.4, 0.5) is 5.82 Å². The average Bonchev–Trinajstić information content (AvgIpc) is 2.57. The number of para-hydroxylation sites is 1. The highest BCUT2D eigenvalue weighted by Gasteiger charge is 2.07. The Labute approximate surface area is 137 Å². The zero-order valence-electron chi connectivity index (χ0n) is 12.8. The summed E-state index contributed by atoms with van der Waals surface area (Å²) in [4.78, 5) is 31.3. The molecule has 0 radical (unpaired) electrons. The van der Waals surface area contributed by atoms with Crippen molar-refractivity contribution in [1.82, 2.24) is 14.5 Å². The third-order valence-corrected chi connectivity index (χ3v) is 3.55. The molecule has 0 aliphatic rings. The summed E-state index contributed by atoms with van der Waals surface area (Å²) in [5.41, 5.74) is 1.38. The van der Waals surface area contributed by atoms with Crippen molar-refractivity contribution in [2.24, 2.45) is 0 Å². The molecule has 7 nitrogen and oxygen atoms in total. The smallest absolute Gasteiger partial charge is 0.323 e. The van der Waals surface area contributed by atoms with Crippen molar-refractivity contribution in [1.29, 1.82) is 0 Å². The number of fused-ring (bicyclic) bond motifs is 1. The van der Waals surface area contributed by atoms with Crippen molar-refractivity contribution in [3.63, 3.8) is 0 Å². The summed E-state index contributed by atoms with van der Waals surface area (Å²) in [6.07, 6.45) is 3.38. The number of rotatable bonds is 6. The number of nitrogens with one attached hydrogen (secondary N) is 1. The van der Waals surface area contributed by atoms with Gasteiger partial charge in [0, 0.05) is 36.4 Å². The first-order chi connectivity index (χ1) is 11.6. The normalized spacial score (nSPS) is 10.7. The van der Waals surface area contributed by atoms with Crippen molar-refractivity contribution < 1.29 is 9.90 Å². The molecule has 0 aliphatic heterocycles. The van der Waals surface area contributed by atoms with Crippen LogP contribution in [0.5, 0.6) is 0 Å². The minimum atomic E-state index is -1.07. The Hall–Kier alpha value is -3.22. The molecule has 2 N–H and O–H groups in total. The Bertz CT molecular complexity index is 936. The Morgan fingerprint density at radius 2 is 2.04 bits per heavy atom. The van der Waals surface area contributed by atoms with Gasteiger partial charge in [-0.1, -0.05) is 24.3 Å². The maximum absolute atomic E-state index is 12.1. The van der Waals surface area contributed by atoms with Crippen LogP contribution in [0.25, 0.3) is 10.9 Å². The second-order valence-electron chi connectivity index (χ2n) is 5.27. The van der Waals surface area contributed by atoms with Gasteiger partial charge in [-0.25, -0.2) is 4.98 Å². The van der Waals surface area contributed by atoms with E-state index in [0.717, 1.165) is 21.2 Å². The van der Waals surface area contributed by atoms with Gasteiger partial charge in [-0.2, -0.15) is 0 Å². The fourth-order valence-electron chi connectivity index (χ4n) is 2.40. The van der Waals surface area contributed by atoms with Crippen LogP contribution in [0.3, 0.4) is 0 Å². The lowest BCUT2D eigenvalue weighted by atomic mass is 10.2. The summed E-state index contributed by atoms with van der Waals surface area (Å²) in [5, 5.41) is 12.8. The van der Waals surface area contributed by atoms with E-state index in [0.29, 0.717) is 13.0 Å². The molecule has 7 heteroatoms. The Morgan fingerprint density at radius 1 is 1.21 bits per heavy atom. The van der Waals surface area contributed by atoms with E-state index >= 15 is 0 Å². The number of carboxylic acid groups (broad SMARTS) is 1. The number of carbonyl (C=O) groups is 1. The topological polar surface area (TPSA) is 97.1 Å². The average molecular weight is 324 g/mol. The van der Waals surface area contributed by atoms with E-state index in [1.165, 1.54) is 12.4 Å². The third-order valence-electron chi connectivity index (χ3n) is 3.55. The van der Waals surface area contributed by atoms with Gasteiger partial charge in [-0.15, -0.1) is 0 Å². The monoisotopic (exact) mass is 324 g/mol. The van der Waals surface area contributed by atoms with Gasteiger partial charge in [0.2, 0.25) is 0 Å². The highest BCUT2D eigenvalue weighted by Crippen LogP contribution is 2.12. The van der Waals surface area contributed by atoms with Crippen LogP contribution in [0.1, 0.15) is 5.69 Å². The number of nitrogens with zero attached hydrogens (tertiary/aromatic N) is 3. The van der Waals surface area contributed by atoms with Gasteiger partial charge in [-0.05, 0) is 12.1 Å². The van der Waals surface area contributed by atoms with Crippen LogP contribution in [0.15, 0.2) is 53.6 Å². The summed E-state index contributed by atoms with van der Waals surface area (Å²) in [5.74, 6) is -0.936. The van der Waals surface area contributed by atoms with Gasteiger partial charge >= 0.3 is 5.97 Å². The highest BCUT2D eigenvalue weighted by molar-refractivity contribution is 5.78. The SMILES string of the molecule is O=C(O)Cn1ccnc(NCCc2ccc3ccccc3n2)c1=O. The molecule has 3 rings (SSSR count). The van der Waals surface area contributed by atoms with E-state index in [9.17, 15) is 9.59 Å². The summed E-state index contributed by atoms with van der Waals surface area (Å²) >= 11 is 0. The minimum Gasteiger partial charge on any atom is -0.480 e. The van der Waals surface area contributed by atoms with Crippen LogP contribution in [0.2, 0.25) is 0 Å². The first-order valence-electron chi connectivity index (χ1n) is 7.49. The predicted octanol–water partition coefficient (Wildman–Crippen LogP) is 1.53. The lowest BCUT2D eigenvalue weighted by Crippen LogP contribution is -2.27. The molecule has 0 unspecified atom stereocenters. The molecule has 1 aromatic carbocycles. The van der Waals surface area contributed by atoms with Crippen molar-refractivity contribution in [3.8, 4) is 0 Å². The van der Waals surface area contributed by atoms with Gasteiger partial charge in [-0.3, -0.25) is 19.1 Å². The fraction of sp³-hybridized carbons (Fsp3) is 0.176. The number of carboxylic acids is 1. The maximum atomic E-state index is 12.1. The van der Waals surface area contributed by atoms with Crippen molar-refractivity contribution in [2.75, 3.05) is 11.9 Å². The molecule has 0 saturated heterocycles. The maximum Gasteiger partial charge on any atom is 0.323 e. The standard InChI is InChI=1S/C17H16N4O3/c22-15(23)11-21-10-9-19-16(17(21)24)18-8-7-13-6-5-12-3-1-2-4-14(12)20-13/h1-6,9-10H,7-8,11H2,(H,18,19)(H,22,23). The third kappa shape index (κ3) is 3.57. The lowest BCUT2D eigenvalue weighted by Gasteiger charge is -2.07. The van der Waals surface area contributed by atoms with E-state index in [2.05, 4.69) is 15.3 Å². The molecule has 0 saturated carbocycles. The number of aliphatic carboxylic acids is 1. The number of pyridine rings is 1. The first-order valence-corrected chi connectivity index (χ1v) is 7.49. The number of benzene rings is 1. The fourth-order valence-corrected chi connectivity index (χ4v) is 2.40. The first kappa shape index (κ1) is 15.7. The van der Waals surface area contributed by atoms with Gasteiger partial charge < -0.3 is 10.4 Å². The minimum absolute atomic E-state index is 0.138. The molecule has 2 heterocycles. The van der Waals surface area contributed by atoms with Crippen LogP contribution in [-0.4, -0.2) is 32.2 Å². The van der Waals surface area contributed by atoms with E-state index < -0.39 is 11.5 Å². The number of hydrogen-bond acceptors (Lipinski definition) is 5. The highest BCUT2D eigenvalue weighted by atomic mass is 16.4. The molecule has 0 amide bonds. The zero-order chi connectivity index (χ0) is 16.9. The van der Waals surface area contributed by atoms with E-state index in [1.807, 2.05) is 36.4 Å². The second kappa shape index (κ2) is 6.91. The molecular weight excluding hydrogens is 308 g/mol. The molecule has 0 aliphatic carbocycles. The van der Waals surface area contributed by atoms with Gasteiger partial charge in [0.1, 0.15) is 6.54 Å². The van der Waals surface area contributed by atoms with Crippen LogP contribution >= 0.6 is 0 Å². The van der Waals surface area contributed by atoms with Crippen LogP contribution in [-0.2, 0) is 17.8 Å². The van der Waals surface area contributed by atoms with Crippen molar-refractivity contribution >= 4 is 22.7 Å². The molecule has 0 fully saturated rings. The Balaban J connectivity index is 1.67. The van der Waals surface area contributed by atoms with E-state index in [4.69, 9.17) is 5.11 Å². The number of hydrogen-bond donors (Lipinski definition) is 2. The summed E-state index contributed by atoms with van der Waals surface area (Å²) in [6.45, 7) is 0.0902. The summed E-state index contributed by atoms with van der Waals surface area (Å²) in [6, 6.07) is 11.8. The Morgan fingerprint density at radius 3 is 2.88 bits per heavy atom. The molecular formula is C17H16N4O3. The largest absolute Gasteiger partial charge is 0.480 e. The lowest BCUT2D eigenvalue weighted by molar-refractivity contribution is -0.137. The molecule has 24 heavy (non-hydrogen) atoms. The predicted molar refractivity (Wildman–Crippen MR) is 90.1 cm³/mol. The molecule has 3 aromatic rings. The van der Waals surface area contributed by atoms with E-state index in [1.54, 1.807) is 0 Å². The van der Waals surface area contributed by atoms with Crippen LogP contribution < -0.4 is 10.9 Å². The van der Waals surface area contributed by atoms with Crippen molar-refractivity contribution in [3.05, 3.63) is 64.8 Å². The summed E-state index contributed by atoms with van der Waals surface area (Å²) in [7, 11) is 0. The van der Waals surface area contributed by atoms with Gasteiger partial charge in [0.15, 0.2) is 5.82 Å². The molecule has 0 atom stereocenters.